The molecule has 0 unspecified atom stereocenters. The van der Waals surface area contributed by atoms with Crippen LogP contribution >= 0.6 is 0 Å². The molecule has 0 aromatic heterocycles. The van der Waals surface area contributed by atoms with E-state index in [1.807, 2.05) is 13.0 Å². The summed E-state index contributed by atoms with van der Waals surface area (Å²) in [6, 6.07) is 1.93. The van der Waals surface area contributed by atoms with Gasteiger partial charge in [-0.25, -0.2) is 0 Å². The highest BCUT2D eigenvalue weighted by Crippen LogP contribution is 2.44. The number of Topliss-reactive ketones (excluding diaryl/α,β-unsaturated/α-hetero) is 1. The van der Waals surface area contributed by atoms with Crippen LogP contribution in [0.2, 0.25) is 0 Å². The fourth-order valence-corrected chi connectivity index (χ4v) is 2.59. The molecule has 1 atom stereocenters. The Morgan fingerprint density at radius 2 is 1.88 bits per heavy atom. The lowest BCUT2D eigenvalue weighted by Crippen LogP contribution is -2.16. The number of fused-ring (bicyclic) bond motifs is 1. The number of aryl methyl sites for hydroxylation is 1. The van der Waals surface area contributed by atoms with Crippen LogP contribution in [0.15, 0.2) is 6.07 Å². The highest BCUT2D eigenvalue weighted by Gasteiger charge is 2.29. The Balaban J connectivity index is 2.73. The lowest BCUT2D eigenvalue weighted by atomic mass is 9.81. The SMILES string of the molecule is COc1c(C)cc2c(c1OC)[C@@H](C)CCC2=O. The minimum atomic E-state index is 0.210. The molecule has 92 valence electrons. The van der Waals surface area contributed by atoms with Gasteiger partial charge in [-0.1, -0.05) is 6.92 Å². The van der Waals surface area contributed by atoms with Gasteiger partial charge in [0.25, 0.3) is 0 Å². The van der Waals surface area contributed by atoms with Gasteiger partial charge in [0.2, 0.25) is 0 Å². The summed E-state index contributed by atoms with van der Waals surface area (Å²) in [6.45, 7) is 4.07. The van der Waals surface area contributed by atoms with Crippen molar-refractivity contribution in [2.24, 2.45) is 0 Å². The third-order valence-electron chi connectivity index (χ3n) is 3.47. The molecule has 0 spiro atoms. The smallest absolute Gasteiger partial charge is 0.165 e. The van der Waals surface area contributed by atoms with Crippen molar-refractivity contribution < 1.29 is 14.3 Å². The Hall–Kier alpha value is -1.51. The van der Waals surface area contributed by atoms with Gasteiger partial charge in [-0.05, 0) is 30.9 Å². The average molecular weight is 234 g/mol. The van der Waals surface area contributed by atoms with Crippen LogP contribution in [0.1, 0.15) is 47.2 Å². The molecule has 0 bridgehead atoms. The second-order valence-corrected chi connectivity index (χ2v) is 4.58. The second kappa shape index (κ2) is 4.40. The first-order valence-electron chi connectivity index (χ1n) is 5.88. The Labute approximate surface area is 102 Å². The molecule has 0 saturated heterocycles. The Bertz CT molecular complexity index is 463. The largest absolute Gasteiger partial charge is 0.493 e. The van der Waals surface area contributed by atoms with Crippen LogP contribution in [0.25, 0.3) is 0 Å². The first kappa shape index (κ1) is 12.0. The topological polar surface area (TPSA) is 35.5 Å². The monoisotopic (exact) mass is 234 g/mol. The van der Waals surface area contributed by atoms with E-state index in [-0.39, 0.29) is 5.78 Å². The van der Waals surface area contributed by atoms with E-state index in [1.165, 1.54) is 0 Å². The Morgan fingerprint density at radius 1 is 1.24 bits per heavy atom. The summed E-state index contributed by atoms with van der Waals surface area (Å²) < 4.78 is 10.8. The number of carbonyl (C=O) groups excluding carboxylic acids is 1. The van der Waals surface area contributed by atoms with Crippen LogP contribution in [0, 0.1) is 6.92 Å². The van der Waals surface area contributed by atoms with Crippen LogP contribution in [0.5, 0.6) is 11.5 Å². The molecule has 0 aliphatic heterocycles. The van der Waals surface area contributed by atoms with E-state index in [2.05, 4.69) is 6.92 Å². The van der Waals surface area contributed by atoms with Gasteiger partial charge in [-0.3, -0.25) is 4.79 Å². The molecule has 2 rings (SSSR count). The molecule has 3 heteroatoms. The van der Waals surface area contributed by atoms with Crippen molar-refractivity contribution in [3.05, 3.63) is 22.8 Å². The number of ketones is 1. The Kier molecular flexibility index (Phi) is 3.09. The third-order valence-corrected chi connectivity index (χ3v) is 3.47. The van der Waals surface area contributed by atoms with Gasteiger partial charge in [0.1, 0.15) is 0 Å². The van der Waals surface area contributed by atoms with E-state index >= 15 is 0 Å². The molecular formula is C14H18O3. The molecule has 0 amide bonds. The maximum atomic E-state index is 12.0. The number of benzene rings is 1. The van der Waals surface area contributed by atoms with Crippen molar-refractivity contribution >= 4 is 5.78 Å². The van der Waals surface area contributed by atoms with E-state index in [1.54, 1.807) is 14.2 Å². The van der Waals surface area contributed by atoms with Crippen molar-refractivity contribution in [2.45, 2.75) is 32.6 Å². The second-order valence-electron chi connectivity index (χ2n) is 4.58. The highest BCUT2D eigenvalue weighted by atomic mass is 16.5. The van der Waals surface area contributed by atoms with Crippen molar-refractivity contribution in [3.8, 4) is 11.5 Å². The van der Waals surface area contributed by atoms with Crippen molar-refractivity contribution in [2.75, 3.05) is 14.2 Å². The van der Waals surface area contributed by atoms with Gasteiger partial charge in [-0.15, -0.1) is 0 Å². The molecule has 0 saturated carbocycles. The zero-order valence-electron chi connectivity index (χ0n) is 10.8. The summed E-state index contributed by atoms with van der Waals surface area (Å²) in [7, 11) is 3.26. The molecule has 0 heterocycles. The van der Waals surface area contributed by atoms with E-state index in [0.717, 1.165) is 34.6 Å². The van der Waals surface area contributed by atoms with Gasteiger partial charge in [-0.2, -0.15) is 0 Å². The van der Waals surface area contributed by atoms with E-state index in [9.17, 15) is 4.79 Å². The van der Waals surface area contributed by atoms with Gasteiger partial charge < -0.3 is 9.47 Å². The summed E-state index contributed by atoms with van der Waals surface area (Å²) in [5, 5.41) is 0. The van der Waals surface area contributed by atoms with Crippen LogP contribution in [0.4, 0.5) is 0 Å². The number of carbonyl (C=O) groups is 1. The van der Waals surface area contributed by atoms with E-state index in [4.69, 9.17) is 9.47 Å². The zero-order valence-corrected chi connectivity index (χ0v) is 10.8. The predicted molar refractivity (Wildman–Crippen MR) is 66.3 cm³/mol. The molecule has 3 nitrogen and oxygen atoms in total. The minimum Gasteiger partial charge on any atom is -0.493 e. The number of methoxy groups -OCH3 is 2. The molecule has 0 N–H and O–H groups in total. The summed E-state index contributed by atoms with van der Waals surface area (Å²) in [5.74, 6) is 2.02. The molecule has 0 fully saturated rings. The maximum Gasteiger partial charge on any atom is 0.165 e. The molecule has 1 aliphatic carbocycles. The summed E-state index contributed by atoms with van der Waals surface area (Å²) in [6.07, 6.45) is 1.51. The third kappa shape index (κ3) is 1.79. The minimum absolute atomic E-state index is 0.210. The summed E-state index contributed by atoms with van der Waals surface area (Å²) in [4.78, 5) is 12.0. The fourth-order valence-electron chi connectivity index (χ4n) is 2.59. The Morgan fingerprint density at radius 3 is 2.47 bits per heavy atom. The molecule has 0 radical (unpaired) electrons. The summed E-state index contributed by atoms with van der Waals surface area (Å²) in [5.41, 5.74) is 2.76. The molecular weight excluding hydrogens is 216 g/mol. The first-order valence-corrected chi connectivity index (χ1v) is 5.88. The normalized spacial score (nSPS) is 18.8. The maximum absolute atomic E-state index is 12.0. The summed E-state index contributed by atoms with van der Waals surface area (Å²) >= 11 is 0. The highest BCUT2D eigenvalue weighted by molar-refractivity contribution is 6.00. The lowest BCUT2D eigenvalue weighted by molar-refractivity contribution is 0.0966. The van der Waals surface area contributed by atoms with E-state index < -0.39 is 0 Å². The van der Waals surface area contributed by atoms with Gasteiger partial charge in [0.05, 0.1) is 14.2 Å². The van der Waals surface area contributed by atoms with Crippen LogP contribution in [-0.4, -0.2) is 20.0 Å². The van der Waals surface area contributed by atoms with Gasteiger partial charge in [0, 0.05) is 17.5 Å². The number of ether oxygens (including phenoxy) is 2. The van der Waals surface area contributed by atoms with Gasteiger partial charge >= 0.3 is 0 Å². The van der Waals surface area contributed by atoms with Crippen molar-refractivity contribution in [1.82, 2.24) is 0 Å². The molecule has 17 heavy (non-hydrogen) atoms. The van der Waals surface area contributed by atoms with Crippen LogP contribution in [-0.2, 0) is 0 Å². The average Bonchev–Trinajstić information content (AvgIpc) is 2.32. The number of rotatable bonds is 2. The molecule has 1 aromatic rings. The van der Waals surface area contributed by atoms with Crippen LogP contribution in [0.3, 0.4) is 0 Å². The van der Waals surface area contributed by atoms with Crippen LogP contribution < -0.4 is 9.47 Å². The predicted octanol–water partition coefficient (Wildman–Crippen LogP) is 3.09. The zero-order chi connectivity index (χ0) is 12.6. The number of hydrogen-bond acceptors (Lipinski definition) is 3. The first-order chi connectivity index (χ1) is 8.10. The quantitative estimate of drug-likeness (QED) is 0.788. The molecule has 1 aliphatic rings. The van der Waals surface area contributed by atoms with Crippen molar-refractivity contribution in [3.63, 3.8) is 0 Å². The fraction of sp³-hybridized carbons (Fsp3) is 0.500. The van der Waals surface area contributed by atoms with Crippen molar-refractivity contribution in [1.29, 1.82) is 0 Å². The van der Waals surface area contributed by atoms with Gasteiger partial charge in [0.15, 0.2) is 17.3 Å². The molecule has 1 aromatic carbocycles. The van der Waals surface area contributed by atoms with E-state index in [0.29, 0.717) is 12.3 Å². The standard InChI is InChI=1S/C14H18O3/c1-8-5-6-11(15)10-7-9(2)13(16-3)14(17-4)12(8)10/h7-8H,5-6H2,1-4H3/t8-/m0/s1. The number of hydrogen-bond donors (Lipinski definition) is 0. The lowest BCUT2D eigenvalue weighted by Gasteiger charge is -2.26.